The molecule has 1 N–H and O–H groups in total. The van der Waals surface area contributed by atoms with E-state index in [0.717, 1.165) is 0 Å². The van der Waals surface area contributed by atoms with Crippen LogP contribution >= 0.6 is 15.9 Å². The van der Waals surface area contributed by atoms with Crippen LogP contribution in [0.2, 0.25) is 0 Å². The molecule has 1 atom stereocenters. The molecule has 0 aromatic heterocycles. The predicted molar refractivity (Wildman–Crippen MR) is 59.2 cm³/mol. The molecule has 0 aliphatic carbocycles. The normalized spacial score (nSPS) is 12.5. The molecule has 2 nitrogen and oxygen atoms in total. The molecule has 4 heteroatoms. The van der Waals surface area contributed by atoms with E-state index in [4.69, 9.17) is 5.11 Å². The van der Waals surface area contributed by atoms with Gasteiger partial charge in [-0.05, 0) is 30.0 Å². The number of hydrogen-bond donors (Lipinski definition) is 1. The highest BCUT2D eigenvalue weighted by Crippen LogP contribution is 2.19. The van der Waals surface area contributed by atoms with Crippen LogP contribution in [0.25, 0.3) is 0 Å². The van der Waals surface area contributed by atoms with Gasteiger partial charge >= 0.3 is 5.97 Å². The molecular formula is C11H12BrFO2. The molecule has 82 valence electrons. The number of carboxylic acid groups (broad SMARTS) is 1. The Kier molecular flexibility index (Phi) is 4.27. The Labute approximate surface area is 96.2 Å². The summed E-state index contributed by atoms with van der Waals surface area (Å²) in [4.78, 5) is 10.4. The third-order valence-corrected chi connectivity index (χ3v) is 2.60. The minimum Gasteiger partial charge on any atom is -0.481 e. The van der Waals surface area contributed by atoms with Gasteiger partial charge in [0.05, 0.1) is 0 Å². The van der Waals surface area contributed by atoms with Gasteiger partial charge in [0.15, 0.2) is 0 Å². The Bertz CT molecular complexity index is 366. The zero-order valence-corrected chi connectivity index (χ0v) is 9.92. The van der Waals surface area contributed by atoms with Crippen molar-refractivity contribution in [3.8, 4) is 0 Å². The van der Waals surface area contributed by atoms with Crippen molar-refractivity contribution in [2.75, 3.05) is 0 Å². The van der Waals surface area contributed by atoms with E-state index in [1.54, 1.807) is 19.1 Å². The maximum absolute atomic E-state index is 13.4. The summed E-state index contributed by atoms with van der Waals surface area (Å²) in [5.74, 6) is -1.19. The molecule has 0 amide bonds. The molecular weight excluding hydrogens is 263 g/mol. The highest BCUT2D eigenvalue weighted by molar-refractivity contribution is 9.10. The summed E-state index contributed by atoms with van der Waals surface area (Å²) in [5, 5.41) is 8.57. The van der Waals surface area contributed by atoms with Crippen LogP contribution in [0.5, 0.6) is 0 Å². The zero-order valence-electron chi connectivity index (χ0n) is 8.34. The van der Waals surface area contributed by atoms with Crippen molar-refractivity contribution in [2.24, 2.45) is 5.92 Å². The quantitative estimate of drug-likeness (QED) is 0.915. The van der Waals surface area contributed by atoms with Crippen LogP contribution in [0.3, 0.4) is 0 Å². The highest BCUT2D eigenvalue weighted by Gasteiger charge is 2.11. The third kappa shape index (κ3) is 4.00. The minimum atomic E-state index is -0.847. The fourth-order valence-corrected chi connectivity index (χ4v) is 1.77. The van der Waals surface area contributed by atoms with Gasteiger partial charge in [0.1, 0.15) is 5.82 Å². The molecule has 1 aromatic rings. The number of carbonyl (C=O) groups is 1. The molecule has 15 heavy (non-hydrogen) atoms. The standard InChI is InChI=1S/C11H12BrFO2/c1-7(5-11(14)15)4-8-2-3-9(12)6-10(8)13/h2-3,6-7H,4-5H2,1H3,(H,14,15). The first kappa shape index (κ1) is 12.2. The number of rotatable bonds is 4. The Hall–Kier alpha value is -0.900. The lowest BCUT2D eigenvalue weighted by molar-refractivity contribution is -0.137. The van der Waals surface area contributed by atoms with Gasteiger partial charge in [-0.2, -0.15) is 0 Å². The van der Waals surface area contributed by atoms with Crippen LogP contribution in [0.15, 0.2) is 22.7 Å². The van der Waals surface area contributed by atoms with Crippen LogP contribution in [-0.2, 0) is 11.2 Å². The second-order valence-corrected chi connectivity index (χ2v) is 4.56. The maximum atomic E-state index is 13.4. The molecule has 1 unspecified atom stereocenters. The van der Waals surface area contributed by atoms with E-state index in [1.165, 1.54) is 6.07 Å². The van der Waals surface area contributed by atoms with Crippen molar-refractivity contribution in [3.63, 3.8) is 0 Å². The molecule has 0 saturated carbocycles. The van der Waals surface area contributed by atoms with Crippen molar-refractivity contribution in [3.05, 3.63) is 34.1 Å². The van der Waals surface area contributed by atoms with Gasteiger partial charge < -0.3 is 5.11 Å². The lowest BCUT2D eigenvalue weighted by Crippen LogP contribution is -2.08. The van der Waals surface area contributed by atoms with E-state index in [1.807, 2.05) is 0 Å². The molecule has 0 heterocycles. The SMILES string of the molecule is CC(CC(=O)O)Cc1ccc(Br)cc1F. The monoisotopic (exact) mass is 274 g/mol. The van der Waals surface area contributed by atoms with Crippen LogP contribution in [0, 0.1) is 11.7 Å². The van der Waals surface area contributed by atoms with Gasteiger partial charge in [-0.15, -0.1) is 0 Å². The smallest absolute Gasteiger partial charge is 0.303 e. The predicted octanol–water partition coefficient (Wildman–Crippen LogP) is 3.24. The Morgan fingerprint density at radius 3 is 2.80 bits per heavy atom. The summed E-state index contributed by atoms with van der Waals surface area (Å²) < 4.78 is 14.1. The van der Waals surface area contributed by atoms with Crippen molar-refractivity contribution in [1.82, 2.24) is 0 Å². The average Bonchev–Trinajstić information content (AvgIpc) is 2.08. The van der Waals surface area contributed by atoms with E-state index >= 15 is 0 Å². The van der Waals surface area contributed by atoms with Gasteiger partial charge in [-0.3, -0.25) is 4.79 Å². The molecule has 0 spiro atoms. The van der Waals surface area contributed by atoms with Crippen molar-refractivity contribution in [2.45, 2.75) is 19.8 Å². The molecule has 1 rings (SSSR count). The largest absolute Gasteiger partial charge is 0.481 e. The molecule has 0 aliphatic rings. The number of hydrogen-bond acceptors (Lipinski definition) is 1. The van der Waals surface area contributed by atoms with Gasteiger partial charge in [-0.1, -0.05) is 28.9 Å². The van der Waals surface area contributed by atoms with E-state index in [2.05, 4.69) is 15.9 Å². The lowest BCUT2D eigenvalue weighted by atomic mass is 9.98. The molecule has 0 aliphatic heterocycles. The summed E-state index contributed by atoms with van der Waals surface area (Å²) >= 11 is 3.17. The summed E-state index contributed by atoms with van der Waals surface area (Å²) in [6.07, 6.45) is 0.515. The molecule has 1 aromatic carbocycles. The fraction of sp³-hybridized carbons (Fsp3) is 0.364. The van der Waals surface area contributed by atoms with Crippen LogP contribution in [0.1, 0.15) is 18.9 Å². The molecule has 0 saturated heterocycles. The lowest BCUT2D eigenvalue weighted by Gasteiger charge is -2.09. The first-order chi connectivity index (χ1) is 6.99. The van der Waals surface area contributed by atoms with E-state index < -0.39 is 5.97 Å². The molecule has 0 fully saturated rings. The zero-order chi connectivity index (χ0) is 11.4. The first-order valence-corrected chi connectivity index (χ1v) is 5.44. The average molecular weight is 275 g/mol. The number of carboxylic acids is 1. The van der Waals surface area contributed by atoms with E-state index in [9.17, 15) is 9.18 Å². The van der Waals surface area contributed by atoms with Crippen LogP contribution < -0.4 is 0 Å². The fourth-order valence-electron chi connectivity index (χ4n) is 1.43. The van der Waals surface area contributed by atoms with Crippen molar-refractivity contribution < 1.29 is 14.3 Å². The van der Waals surface area contributed by atoms with Crippen LogP contribution in [0.4, 0.5) is 4.39 Å². The Morgan fingerprint density at radius 1 is 1.60 bits per heavy atom. The second kappa shape index (κ2) is 5.26. The van der Waals surface area contributed by atoms with Crippen molar-refractivity contribution >= 4 is 21.9 Å². The highest BCUT2D eigenvalue weighted by atomic mass is 79.9. The number of halogens is 2. The maximum Gasteiger partial charge on any atom is 0.303 e. The Morgan fingerprint density at radius 2 is 2.27 bits per heavy atom. The van der Waals surface area contributed by atoms with Crippen molar-refractivity contribution in [1.29, 1.82) is 0 Å². The topological polar surface area (TPSA) is 37.3 Å². The third-order valence-electron chi connectivity index (χ3n) is 2.11. The van der Waals surface area contributed by atoms with E-state index in [0.29, 0.717) is 16.5 Å². The van der Waals surface area contributed by atoms with Gasteiger partial charge in [0, 0.05) is 10.9 Å². The molecule has 0 radical (unpaired) electrons. The summed E-state index contributed by atoms with van der Waals surface area (Å²) in [5.41, 5.74) is 0.562. The van der Waals surface area contributed by atoms with Crippen LogP contribution in [-0.4, -0.2) is 11.1 Å². The molecule has 0 bridgehead atoms. The summed E-state index contributed by atoms with van der Waals surface area (Å²) in [7, 11) is 0. The minimum absolute atomic E-state index is 0.0572. The van der Waals surface area contributed by atoms with Gasteiger partial charge in [0.2, 0.25) is 0 Å². The second-order valence-electron chi connectivity index (χ2n) is 3.64. The first-order valence-electron chi connectivity index (χ1n) is 4.64. The van der Waals surface area contributed by atoms with E-state index in [-0.39, 0.29) is 18.2 Å². The van der Waals surface area contributed by atoms with Gasteiger partial charge in [0.25, 0.3) is 0 Å². The summed E-state index contributed by atoms with van der Waals surface area (Å²) in [6, 6.07) is 4.83. The number of aliphatic carboxylic acids is 1. The number of benzene rings is 1. The summed E-state index contributed by atoms with van der Waals surface area (Å²) in [6.45, 7) is 1.80. The Balaban J connectivity index is 2.68. The van der Waals surface area contributed by atoms with Gasteiger partial charge in [-0.25, -0.2) is 4.39 Å².